The van der Waals surface area contributed by atoms with E-state index in [0.29, 0.717) is 29.3 Å². The van der Waals surface area contributed by atoms with E-state index >= 15 is 0 Å². The van der Waals surface area contributed by atoms with Crippen molar-refractivity contribution < 1.29 is 22.4 Å². The largest absolute Gasteiger partial charge is 0.428 e. The van der Waals surface area contributed by atoms with E-state index in [-0.39, 0.29) is 11.1 Å². The van der Waals surface area contributed by atoms with E-state index in [0.717, 1.165) is 0 Å². The zero-order valence-electron chi connectivity index (χ0n) is 15.7. The first-order valence-electron chi connectivity index (χ1n) is 9.27. The SMILES string of the molecule is CC[Si](CC)(CC)OC1(C(F)(F)F)C(=O)c2ccccc2-c2ccccc21. The smallest absolute Gasteiger partial charge is 0.394 e. The Labute approximate surface area is 158 Å². The lowest BCUT2D eigenvalue weighted by Gasteiger charge is -2.45. The Kier molecular flexibility index (Phi) is 5.07. The Morgan fingerprint density at radius 1 is 0.852 bits per heavy atom. The Morgan fingerprint density at radius 3 is 1.85 bits per heavy atom. The molecule has 1 unspecified atom stereocenters. The maximum absolute atomic E-state index is 14.6. The minimum Gasteiger partial charge on any atom is -0.394 e. The van der Waals surface area contributed by atoms with Gasteiger partial charge in [0, 0.05) is 11.1 Å². The monoisotopic (exact) mass is 392 g/mol. The van der Waals surface area contributed by atoms with Gasteiger partial charge in [0.15, 0.2) is 8.32 Å². The Hall–Kier alpha value is -1.92. The molecule has 1 aliphatic carbocycles. The van der Waals surface area contributed by atoms with Crippen molar-refractivity contribution in [3.63, 3.8) is 0 Å². The van der Waals surface area contributed by atoms with Crippen molar-refractivity contribution in [2.24, 2.45) is 0 Å². The Balaban J connectivity index is 2.36. The van der Waals surface area contributed by atoms with E-state index in [1.54, 1.807) is 30.3 Å². The van der Waals surface area contributed by atoms with Crippen molar-refractivity contribution >= 4 is 14.1 Å². The van der Waals surface area contributed by atoms with Crippen LogP contribution in [0.2, 0.25) is 18.1 Å². The zero-order valence-corrected chi connectivity index (χ0v) is 16.7. The van der Waals surface area contributed by atoms with E-state index in [2.05, 4.69) is 0 Å². The number of halogens is 3. The quantitative estimate of drug-likeness (QED) is 0.556. The fourth-order valence-corrected chi connectivity index (χ4v) is 6.89. The molecular formula is C21H23F3O2Si. The number of carbonyl (C=O) groups excluding carboxylic acids is 1. The average Bonchev–Trinajstić information content (AvgIpc) is 2.68. The molecule has 2 aromatic rings. The van der Waals surface area contributed by atoms with E-state index in [1.807, 2.05) is 20.8 Å². The summed E-state index contributed by atoms with van der Waals surface area (Å²) < 4.78 is 49.9. The summed E-state index contributed by atoms with van der Waals surface area (Å²) in [7, 11) is -2.76. The first kappa shape index (κ1) is 19.8. The van der Waals surface area contributed by atoms with Crippen LogP contribution in [-0.4, -0.2) is 20.3 Å². The summed E-state index contributed by atoms with van der Waals surface area (Å²) in [5.41, 5.74) is -2.02. The number of fused-ring (bicyclic) bond motifs is 3. The number of benzene rings is 2. The molecule has 6 heteroatoms. The molecule has 0 spiro atoms. The van der Waals surface area contributed by atoms with Crippen molar-refractivity contribution in [1.29, 1.82) is 0 Å². The predicted octanol–water partition coefficient (Wildman–Crippen LogP) is 6.33. The third-order valence-corrected chi connectivity index (χ3v) is 10.4. The highest BCUT2D eigenvalue weighted by Gasteiger charge is 2.67. The third-order valence-electron chi connectivity index (χ3n) is 5.79. The van der Waals surface area contributed by atoms with Gasteiger partial charge in [-0.15, -0.1) is 0 Å². The Morgan fingerprint density at radius 2 is 1.33 bits per heavy atom. The second kappa shape index (κ2) is 6.91. The molecule has 0 fully saturated rings. The van der Waals surface area contributed by atoms with E-state index in [4.69, 9.17) is 4.43 Å². The maximum Gasteiger partial charge on any atom is 0.428 e. The number of rotatable bonds is 5. The minimum absolute atomic E-state index is 0.0692. The number of alkyl halides is 3. The van der Waals surface area contributed by atoms with Crippen LogP contribution in [0.3, 0.4) is 0 Å². The summed E-state index contributed by atoms with van der Waals surface area (Å²) in [5.74, 6) is -1.00. The van der Waals surface area contributed by atoms with Crippen molar-refractivity contribution in [3.05, 3.63) is 59.7 Å². The van der Waals surface area contributed by atoms with Gasteiger partial charge in [0.2, 0.25) is 11.4 Å². The van der Waals surface area contributed by atoms with Gasteiger partial charge in [0.25, 0.3) is 0 Å². The highest BCUT2D eigenvalue weighted by Crippen LogP contribution is 2.54. The van der Waals surface area contributed by atoms with Gasteiger partial charge in [0.1, 0.15) is 0 Å². The van der Waals surface area contributed by atoms with E-state index < -0.39 is 25.9 Å². The minimum atomic E-state index is -4.86. The maximum atomic E-state index is 14.6. The molecule has 3 rings (SSSR count). The third kappa shape index (κ3) is 2.86. The number of hydrogen-bond acceptors (Lipinski definition) is 2. The molecule has 27 heavy (non-hydrogen) atoms. The van der Waals surface area contributed by atoms with E-state index in [9.17, 15) is 18.0 Å². The van der Waals surface area contributed by atoms with Gasteiger partial charge >= 0.3 is 6.18 Å². The molecule has 1 atom stereocenters. The van der Waals surface area contributed by atoms with Crippen molar-refractivity contribution in [1.82, 2.24) is 0 Å². The van der Waals surface area contributed by atoms with Crippen LogP contribution in [0.1, 0.15) is 36.7 Å². The fourth-order valence-electron chi connectivity index (χ4n) is 3.98. The molecule has 0 amide bonds. The predicted molar refractivity (Wildman–Crippen MR) is 102 cm³/mol. The lowest BCUT2D eigenvalue weighted by Crippen LogP contribution is -2.59. The van der Waals surface area contributed by atoms with Gasteiger partial charge in [0.05, 0.1) is 0 Å². The molecule has 2 nitrogen and oxygen atoms in total. The van der Waals surface area contributed by atoms with Crippen LogP contribution in [0.5, 0.6) is 0 Å². The molecule has 0 heterocycles. The van der Waals surface area contributed by atoms with Gasteiger partial charge in [-0.05, 0) is 29.3 Å². The fraction of sp³-hybridized carbons (Fsp3) is 0.381. The normalized spacial score (nSPS) is 19.6. The molecule has 0 bridgehead atoms. The molecule has 0 aromatic heterocycles. The number of ketones is 1. The van der Waals surface area contributed by atoms with Crippen LogP contribution in [0, 0.1) is 0 Å². The molecular weight excluding hydrogens is 369 g/mol. The van der Waals surface area contributed by atoms with Crippen LogP contribution in [0.25, 0.3) is 11.1 Å². The summed E-state index contributed by atoms with van der Waals surface area (Å²) in [6, 6.07) is 14.3. The number of carbonyl (C=O) groups is 1. The van der Waals surface area contributed by atoms with Gasteiger partial charge in [-0.25, -0.2) is 0 Å². The summed E-state index contributed by atoms with van der Waals surface area (Å²) in [6.45, 7) is 5.57. The molecule has 1 aliphatic rings. The Bertz CT molecular complexity index is 850. The van der Waals surface area contributed by atoms with Crippen LogP contribution >= 0.6 is 0 Å². The van der Waals surface area contributed by atoms with Gasteiger partial charge in [-0.3, -0.25) is 4.79 Å². The summed E-state index contributed by atoms with van der Waals surface area (Å²) >= 11 is 0. The lowest BCUT2D eigenvalue weighted by molar-refractivity contribution is -0.235. The van der Waals surface area contributed by atoms with Crippen molar-refractivity contribution in [3.8, 4) is 11.1 Å². The summed E-state index contributed by atoms with van der Waals surface area (Å²) in [6.07, 6.45) is -4.86. The van der Waals surface area contributed by atoms with Gasteiger partial charge < -0.3 is 4.43 Å². The number of Topliss-reactive ketones (excluding diaryl/α,β-unsaturated/α-hetero) is 1. The topological polar surface area (TPSA) is 26.3 Å². The van der Waals surface area contributed by atoms with Crippen LogP contribution in [0.4, 0.5) is 13.2 Å². The highest BCUT2D eigenvalue weighted by atomic mass is 28.4. The van der Waals surface area contributed by atoms with Gasteiger partial charge in [-0.1, -0.05) is 69.3 Å². The van der Waals surface area contributed by atoms with Crippen LogP contribution in [-0.2, 0) is 10.0 Å². The average molecular weight is 392 g/mol. The lowest BCUT2D eigenvalue weighted by atomic mass is 9.74. The molecule has 0 aliphatic heterocycles. The first-order valence-corrected chi connectivity index (χ1v) is 11.8. The molecule has 0 N–H and O–H groups in total. The van der Waals surface area contributed by atoms with E-state index in [1.165, 1.54) is 18.2 Å². The molecule has 0 saturated heterocycles. The summed E-state index contributed by atoms with van der Waals surface area (Å²) in [5, 5.41) is 0. The molecule has 0 saturated carbocycles. The van der Waals surface area contributed by atoms with Gasteiger partial charge in [-0.2, -0.15) is 13.2 Å². The highest BCUT2D eigenvalue weighted by molar-refractivity contribution is 6.73. The second-order valence-electron chi connectivity index (χ2n) is 6.94. The van der Waals surface area contributed by atoms with Crippen LogP contribution < -0.4 is 0 Å². The zero-order chi connectivity index (χ0) is 19.9. The molecule has 0 radical (unpaired) electrons. The standard InChI is InChI=1S/C21H23F3O2Si/c1-4-27(5-2,6-3)26-20(21(22,23)24)18-14-10-9-12-16(18)15-11-7-8-13-17(15)19(20)25/h7-14H,4-6H2,1-3H3. The second-order valence-corrected chi connectivity index (χ2v) is 11.6. The van der Waals surface area contributed by atoms with Crippen molar-refractivity contribution in [2.45, 2.75) is 50.7 Å². The molecule has 2 aromatic carbocycles. The first-order chi connectivity index (χ1) is 12.8. The summed E-state index contributed by atoms with van der Waals surface area (Å²) in [4.78, 5) is 13.4. The van der Waals surface area contributed by atoms with Crippen LogP contribution in [0.15, 0.2) is 48.5 Å². The molecule has 144 valence electrons. The van der Waals surface area contributed by atoms with Crippen molar-refractivity contribution in [2.75, 3.05) is 0 Å². The number of hydrogen-bond donors (Lipinski definition) is 0.